The van der Waals surface area contributed by atoms with Crippen LogP contribution in [0, 0.1) is 6.92 Å². The fourth-order valence-corrected chi connectivity index (χ4v) is 4.71. The second kappa shape index (κ2) is 8.78. The Labute approximate surface area is 186 Å². The summed E-state index contributed by atoms with van der Waals surface area (Å²) in [5, 5.41) is 6.19. The highest BCUT2D eigenvalue weighted by Gasteiger charge is 2.33. The van der Waals surface area contributed by atoms with Crippen molar-refractivity contribution in [1.29, 1.82) is 0 Å². The number of aryl methyl sites for hydroxylation is 1. The van der Waals surface area contributed by atoms with Crippen molar-refractivity contribution in [3.05, 3.63) is 58.1 Å². The molecule has 1 aliphatic heterocycles. The molecular weight excluding hydrogens is 441 g/mol. The third-order valence-corrected chi connectivity index (χ3v) is 6.53. The molecule has 2 aromatic heterocycles. The third-order valence-electron chi connectivity index (χ3n) is 5.32. The van der Waals surface area contributed by atoms with Crippen molar-refractivity contribution < 1.29 is 22.8 Å². The maximum absolute atomic E-state index is 12.9. The van der Waals surface area contributed by atoms with Crippen molar-refractivity contribution >= 4 is 39.2 Å². The van der Waals surface area contributed by atoms with E-state index in [0.717, 1.165) is 48.9 Å². The number of nitrogens with one attached hydrogen (secondary N) is 2. The van der Waals surface area contributed by atoms with E-state index in [4.69, 9.17) is 0 Å². The van der Waals surface area contributed by atoms with Crippen molar-refractivity contribution in [3.63, 3.8) is 0 Å². The fraction of sp³-hybridized carbons (Fsp3) is 0.318. The smallest absolute Gasteiger partial charge is 0.347 e. The average molecular weight is 462 g/mol. The first-order valence-corrected chi connectivity index (χ1v) is 10.9. The summed E-state index contributed by atoms with van der Waals surface area (Å²) in [6, 6.07) is 9.29. The van der Waals surface area contributed by atoms with Crippen LogP contribution in [0.25, 0.3) is 10.2 Å². The summed E-state index contributed by atoms with van der Waals surface area (Å²) in [7, 11) is 0. The van der Waals surface area contributed by atoms with Crippen LogP contribution >= 0.6 is 11.3 Å². The predicted molar refractivity (Wildman–Crippen MR) is 117 cm³/mol. The highest BCUT2D eigenvalue weighted by molar-refractivity contribution is 7.20. The van der Waals surface area contributed by atoms with Gasteiger partial charge in [0.25, 0.3) is 5.91 Å². The van der Waals surface area contributed by atoms with Gasteiger partial charge in [0.1, 0.15) is 10.5 Å². The first-order valence-electron chi connectivity index (χ1n) is 10.1. The fourth-order valence-electron chi connectivity index (χ4n) is 3.62. The Balaban J connectivity index is 1.44. The summed E-state index contributed by atoms with van der Waals surface area (Å²) in [6.07, 6.45) is -2.53. The molecule has 32 heavy (non-hydrogen) atoms. The molecule has 1 fully saturated rings. The van der Waals surface area contributed by atoms with Crippen molar-refractivity contribution in [2.24, 2.45) is 0 Å². The van der Waals surface area contributed by atoms with E-state index in [0.29, 0.717) is 21.5 Å². The minimum atomic E-state index is -4.54. The first kappa shape index (κ1) is 22.1. The molecule has 1 aliphatic rings. The van der Waals surface area contributed by atoms with Crippen LogP contribution < -0.4 is 10.6 Å². The summed E-state index contributed by atoms with van der Waals surface area (Å²) in [6.45, 7) is 3.39. The normalized spacial score (nSPS) is 14.1. The molecule has 3 amide bonds. The predicted octanol–water partition coefficient (Wildman–Crippen LogP) is 5.18. The summed E-state index contributed by atoms with van der Waals surface area (Å²) in [5.41, 5.74) is 1.03. The standard InChI is InChI=1S/C22H21F3N4O2S/c1-13-16-7-8-17(22(23,24)25)28-20(16)32-18(13)19(30)26-12-14-5-4-6-15(11-14)27-21(31)29-9-2-3-10-29/h4-8,11H,2-3,9-10,12H2,1H3,(H,26,30)(H,27,31). The van der Waals surface area contributed by atoms with Crippen molar-refractivity contribution in [2.75, 3.05) is 18.4 Å². The molecule has 1 aromatic carbocycles. The summed E-state index contributed by atoms with van der Waals surface area (Å²) < 4.78 is 38.8. The molecule has 0 saturated carbocycles. The molecule has 4 rings (SSSR count). The number of nitrogens with zero attached hydrogens (tertiary/aromatic N) is 2. The Morgan fingerprint density at radius 3 is 2.62 bits per heavy atom. The lowest BCUT2D eigenvalue weighted by molar-refractivity contribution is -0.140. The topological polar surface area (TPSA) is 74.3 Å². The Bertz CT molecular complexity index is 1170. The number of fused-ring (bicyclic) bond motifs is 1. The van der Waals surface area contributed by atoms with E-state index in [9.17, 15) is 22.8 Å². The number of anilines is 1. The Morgan fingerprint density at radius 2 is 1.91 bits per heavy atom. The molecule has 0 aliphatic carbocycles. The van der Waals surface area contributed by atoms with Gasteiger partial charge in [-0.3, -0.25) is 4.79 Å². The van der Waals surface area contributed by atoms with Crippen LogP contribution in [0.3, 0.4) is 0 Å². The van der Waals surface area contributed by atoms with Crippen LogP contribution in [0.2, 0.25) is 0 Å². The number of pyridine rings is 1. The lowest BCUT2D eigenvalue weighted by Gasteiger charge is -2.16. The van der Waals surface area contributed by atoms with E-state index in [2.05, 4.69) is 15.6 Å². The zero-order valence-electron chi connectivity index (χ0n) is 17.3. The van der Waals surface area contributed by atoms with Crippen LogP contribution in [0.15, 0.2) is 36.4 Å². The molecule has 3 aromatic rings. The summed E-state index contributed by atoms with van der Waals surface area (Å²) in [5.74, 6) is -0.384. The number of urea groups is 1. The Kier molecular flexibility index (Phi) is 6.05. The lowest BCUT2D eigenvalue weighted by Crippen LogP contribution is -2.32. The number of carbonyl (C=O) groups is 2. The van der Waals surface area contributed by atoms with Crippen molar-refractivity contribution in [1.82, 2.24) is 15.2 Å². The third kappa shape index (κ3) is 4.69. The van der Waals surface area contributed by atoms with Gasteiger partial charge in [-0.15, -0.1) is 11.3 Å². The van der Waals surface area contributed by atoms with E-state index in [1.807, 2.05) is 6.07 Å². The van der Waals surface area contributed by atoms with Crippen LogP contribution in [0.5, 0.6) is 0 Å². The maximum atomic E-state index is 12.9. The molecule has 0 bridgehead atoms. The van der Waals surface area contributed by atoms with Gasteiger partial charge >= 0.3 is 12.2 Å². The number of alkyl halides is 3. The SMILES string of the molecule is Cc1c(C(=O)NCc2cccc(NC(=O)N3CCCC3)c2)sc2nc(C(F)(F)F)ccc12. The number of likely N-dealkylation sites (tertiary alicyclic amines) is 1. The van der Waals surface area contributed by atoms with Crippen LogP contribution in [0.4, 0.5) is 23.7 Å². The van der Waals surface area contributed by atoms with E-state index < -0.39 is 11.9 Å². The van der Waals surface area contributed by atoms with Gasteiger partial charge in [-0.25, -0.2) is 9.78 Å². The van der Waals surface area contributed by atoms with Gasteiger partial charge in [0.2, 0.25) is 0 Å². The van der Waals surface area contributed by atoms with Crippen molar-refractivity contribution in [3.8, 4) is 0 Å². The largest absolute Gasteiger partial charge is 0.433 e. The Morgan fingerprint density at radius 1 is 1.16 bits per heavy atom. The number of benzene rings is 1. The van der Waals surface area contributed by atoms with E-state index in [1.54, 1.807) is 30.0 Å². The number of hydrogen-bond acceptors (Lipinski definition) is 4. The van der Waals surface area contributed by atoms with Crippen LogP contribution in [0.1, 0.15) is 39.3 Å². The monoisotopic (exact) mass is 462 g/mol. The zero-order chi connectivity index (χ0) is 22.9. The van der Waals surface area contributed by atoms with Crippen LogP contribution in [-0.2, 0) is 12.7 Å². The summed E-state index contributed by atoms with van der Waals surface area (Å²) in [4.78, 5) is 30.9. The molecule has 3 heterocycles. The molecule has 0 atom stereocenters. The molecule has 0 spiro atoms. The number of rotatable bonds is 4. The molecule has 6 nitrogen and oxygen atoms in total. The van der Waals surface area contributed by atoms with Gasteiger partial charge in [-0.1, -0.05) is 12.1 Å². The van der Waals surface area contributed by atoms with Gasteiger partial charge in [0, 0.05) is 30.7 Å². The number of aromatic nitrogens is 1. The van der Waals surface area contributed by atoms with Crippen LogP contribution in [-0.4, -0.2) is 34.9 Å². The second-order valence-corrected chi connectivity index (χ2v) is 8.61. The van der Waals surface area contributed by atoms with Gasteiger partial charge in [0.05, 0.1) is 4.88 Å². The lowest BCUT2D eigenvalue weighted by atomic mass is 10.1. The molecule has 168 valence electrons. The van der Waals surface area contributed by atoms with E-state index in [-0.39, 0.29) is 23.3 Å². The Hall–Kier alpha value is -3.14. The number of thiophene rings is 1. The number of carbonyl (C=O) groups excluding carboxylic acids is 2. The first-order chi connectivity index (χ1) is 15.2. The molecule has 1 saturated heterocycles. The average Bonchev–Trinajstić information content (AvgIpc) is 3.40. The molecule has 0 unspecified atom stereocenters. The minimum Gasteiger partial charge on any atom is -0.347 e. The summed E-state index contributed by atoms with van der Waals surface area (Å²) >= 11 is 0.937. The van der Waals surface area contributed by atoms with E-state index >= 15 is 0 Å². The second-order valence-electron chi connectivity index (χ2n) is 7.61. The van der Waals surface area contributed by atoms with E-state index in [1.165, 1.54) is 6.07 Å². The van der Waals surface area contributed by atoms with Gasteiger partial charge in [0.15, 0.2) is 0 Å². The van der Waals surface area contributed by atoms with Gasteiger partial charge in [-0.2, -0.15) is 13.2 Å². The maximum Gasteiger partial charge on any atom is 0.433 e. The van der Waals surface area contributed by atoms with Gasteiger partial charge in [-0.05, 0) is 55.2 Å². The quantitative estimate of drug-likeness (QED) is 0.561. The zero-order valence-corrected chi connectivity index (χ0v) is 18.1. The molecule has 0 radical (unpaired) electrons. The minimum absolute atomic E-state index is 0.143. The molecular formula is C22H21F3N4O2S. The van der Waals surface area contributed by atoms with Crippen molar-refractivity contribution in [2.45, 2.75) is 32.5 Å². The number of amides is 3. The molecule has 10 heteroatoms. The van der Waals surface area contributed by atoms with Gasteiger partial charge < -0.3 is 15.5 Å². The number of hydrogen-bond donors (Lipinski definition) is 2. The molecule has 2 N–H and O–H groups in total. The number of halogens is 3. The highest BCUT2D eigenvalue weighted by Crippen LogP contribution is 2.34. The highest BCUT2D eigenvalue weighted by atomic mass is 32.1.